The molecule has 2 nitrogen and oxygen atoms in total. The van der Waals surface area contributed by atoms with Gasteiger partial charge < -0.3 is 9.88 Å². The maximum atomic E-state index is 5.38. The lowest BCUT2D eigenvalue weighted by atomic mass is 10.1. The molecule has 0 aliphatic rings. The molecule has 2 heteroatoms. The van der Waals surface area contributed by atoms with Crippen molar-refractivity contribution in [1.82, 2.24) is 9.88 Å². The number of fused-ring (bicyclic) bond motifs is 1. The average Bonchev–Trinajstić information content (AvgIpc) is 2.72. The predicted octanol–water partition coefficient (Wildman–Crippen LogP) is 3.02. The van der Waals surface area contributed by atoms with Gasteiger partial charge in [-0.15, -0.1) is 6.42 Å². The molecule has 94 valence electrons. The van der Waals surface area contributed by atoms with Crippen molar-refractivity contribution >= 4 is 10.9 Å². The monoisotopic (exact) mass is 240 g/mol. The van der Waals surface area contributed by atoms with Crippen LogP contribution in [0.5, 0.6) is 0 Å². The maximum absolute atomic E-state index is 5.38. The summed E-state index contributed by atoms with van der Waals surface area (Å²) in [4.78, 5) is 0. The van der Waals surface area contributed by atoms with Gasteiger partial charge in [-0.2, -0.15) is 0 Å². The molecule has 18 heavy (non-hydrogen) atoms. The molecule has 0 aliphatic carbocycles. The van der Waals surface area contributed by atoms with E-state index >= 15 is 0 Å². The van der Waals surface area contributed by atoms with Crippen LogP contribution in [-0.4, -0.2) is 11.1 Å². The average molecular weight is 240 g/mol. The van der Waals surface area contributed by atoms with E-state index in [1.165, 1.54) is 16.5 Å². The van der Waals surface area contributed by atoms with E-state index in [0.717, 1.165) is 13.1 Å². The summed E-state index contributed by atoms with van der Waals surface area (Å²) in [7, 11) is 0. The van der Waals surface area contributed by atoms with Crippen LogP contribution in [0.1, 0.15) is 19.4 Å². The molecule has 0 aliphatic heterocycles. The summed E-state index contributed by atoms with van der Waals surface area (Å²) in [5, 5.41) is 4.71. The molecule has 2 aromatic rings. The van der Waals surface area contributed by atoms with Crippen LogP contribution in [0.2, 0.25) is 0 Å². The number of hydrogen-bond donors (Lipinski definition) is 1. The highest BCUT2D eigenvalue weighted by atomic mass is 14.9. The first-order valence-electron chi connectivity index (χ1n) is 6.42. The van der Waals surface area contributed by atoms with Crippen molar-refractivity contribution in [1.29, 1.82) is 0 Å². The Kier molecular flexibility index (Phi) is 4.07. The van der Waals surface area contributed by atoms with E-state index in [-0.39, 0.29) is 0 Å². The normalized spacial score (nSPS) is 11.0. The Morgan fingerprint density at radius 3 is 2.89 bits per heavy atom. The van der Waals surface area contributed by atoms with Gasteiger partial charge in [0, 0.05) is 18.3 Å². The number of nitrogens with zero attached hydrogens (tertiary/aromatic N) is 1. The van der Waals surface area contributed by atoms with Crippen molar-refractivity contribution in [3.63, 3.8) is 0 Å². The van der Waals surface area contributed by atoms with Gasteiger partial charge in [0.1, 0.15) is 0 Å². The number of rotatable bonds is 5. The number of aromatic nitrogens is 1. The molecule has 0 amide bonds. The first-order valence-corrected chi connectivity index (χ1v) is 6.42. The molecule has 0 bridgehead atoms. The van der Waals surface area contributed by atoms with Gasteiger partial charge in [-0.05, 0) is 35.5 Å². The van der Waals surface area contributed by atoms with Gasteiger partial charge in [0.15, 0.2) is 0 Å². The first-order chi connectivity index (χ1) is 8.70. The molecule has 0 atom stereocenters. The fourth-order valence-electron chi connectivity index (χ4n) is 2.08. The maximum Gasteiger partial charge on any atom is 0.0834 e. The molecule has 1 N–H and O–H groups in total. The zero-order valence-corrected chi connectivity index (χ0v) is 11.1. The number of hydrogen-bond acceptors (Lipinski definition) is 1. The summed E-state index contributed by atoms with van der Waals surface area (Å²) in [5.74, 6) is 3.37. The fraction of sp³-hybridized carbons (Fsp3) is 0.375. The van der Waals surface area contributed by atoms with Crippen LogP contribution in [0.4, 0.5) is 0 Å². The van der Waals surface area contributed by atoms with Crippen molar-refractivity contribution in [3.8, 4) is 12.3 Å². The highest BCUT2D eigenvalue weighted by Gasteiger charge is 2.02. The van der Waals surface area contributed by atoms with Crippen LogP contribution in [0.3, 0.4) is 0 Å². The summed E-state index contributed by atoms with van der Waals surface area (Å²) in [5.41, 5.74) is 2.52. The van der Waals surface area contributed by atoms with Crippen molar-refractivity contribution in [2.75, 3.05) is 6.54 Å². The van der Waals surface area contributed by atoms with E-state index in [9.17, 15) is 0 Å². The van der Waals surface area contributed by atoms with Crippen LogP contribution in [0.15, 0.2) is 30.5 Å². The number of nitrogens with one attached hydrogen (secondary N) is 1. The topological polar surface area (TPSA) is 17.0 Å². The van der Waals surface area contributed by atoms with Gasteiger partial charge in [0.2, 0.25) is 0 Å². The molecule has 1 aromatic heterocycles. The van der Waals surface area contributed by atoms with Gasteiger partial charge in [0.05, 0.1) is 6.54 Å². The SMILES string of the molecule is C#CCn1ccc2ccc(CNCC(C)C)cc21. The second kappa shape index (κ2) is 5.75. The van der Waals surface area contributed by atoms with Crippen molar-refractivity contribution in [2.24, 2.45) is 5.92 Å². The first kappa shape index (κ1) is 12.7. The quantitative estimate of drug-likeness (QED) is 0.795. The summed E-state index contributed by atoms with van der Waals surface area (Å²) < 4.78 is 2.11. The van der Waals surface area contributed by atoms with E-state index in [1.807, 2.05) is 0 Å². The van der Waals surface area contributed by atoms with Crippen molar-refractivity contribution in [2.45, 2.75) is 26.9 Å². The van der Waals surface area contributed by atoms with E-state index in [1.54, 1.807) is 0 Å². The van der Waals surface area contributed by atoms with E-state index < -0.39 is 0 Å². The van der Waals surface area contributed by atoms with Crippen LogP contribution >= 0.6 is 0 Å². The highest BCUT2D eigenvalue weighted by molar-refractivity contribution is 5.80. The third-order valence-electron chi connectivity index (χ3n) is 2.98. The van der Waals surface area contributed by atoms with E-state index in [2.05, 4.69) is 60.1 Å². The third-order valence-corrected chi connectivity index (χ3v) is 2.98. The summed E-state index contributed by atoms with van der Waals surface area (Å²) in [6.45, 7) is 7.02. The molecule has 0 saturated carbocycles. The molecule has 0 unspecified atom stereocenters. The molecule has 0 saturated heterocycles. The summed E-state index contributed by atoms with van der Waals surface area (Å²) in [6.07, 6.45) is 7.43. The lowest BCUT2D eigenvalue weighted by Crippen LogP contribution is -2.18. The molecule has 2 rings (SSSR count). The zero-order chi connectivity index (χ0) is 13.0. The van der Waals surface area contributed by atoms with Crippen LogP contribution in [0, 0.1) is 18.3 Å². The molecule has 0 spiro atoms. The lowest BCUT2D eigenvalue weighted by Gasteiger charge is -2.08. The minimum Gasteiger partial charge on any atom is -0.336 e. The van der Waals surface area contributed by atoms with Gasteiger partial charge in [-0.1, -0.05) is 31.9 Å². The fourth-order valence-corrected chi connectivity index (χ4v) is 2.08. The van der Waals surface area contributed by atoms with Crippen LogP contribution in [0.25, 0.3) is 10.9 Å². The lowest BCUT2D eigenvalue weighted by molar-refractivity contribution is 0.552. The molecule has 1 aromatic carbocycles. The van der Waals surface area contributed by atoms with E-state index in [0.29, 0.717) is 12.5 Å². The largest absolute Gasteiger partial charge is 0.336 e. The minimum absolute atomic E-state index is 0.631. The third kappa shape index (κ3) is 2.94. The molecular formula is C16H20N2. The zero-order valence-electron chi connectivity index (χ0n) is 11.1. The smallest absolute Gasteiger partial charge is 0.0834 e. The van der Waals surface area contributed by atoms with Crippen molar-refractivity contribution in [3.05, 3.63) is 36.0 Å². The molecule has 0 radical (unpaired) electrons. The molecular weight excluding hydrogens is 220 g/mol. The van der Waals surface area contributed by atoms with Gasteiger partial charge in [-0.25, -0.2) is 0 Å². The Morgan fingerprint density at radius 1 is 1.33 bits per heavy atom. The second-order valence-corrected chi connectivity index (χ2v) is 5.07. The Morgan fingerprint density at radius 2 is 2.17 bits per heavy atom. The molecule has 0 fully saturated rings. The van der Waals surface area contributed by atoms with Crippen LogP contribution in [-0.2, 0) is 13.1 Å². The predicted molar refractivity (Wildman–Crippen MR) is 77.3 cm³/mol. The standard InChI is InChI=1S/C16H20N2/c1-4-8-18-9-7-15-6-5-14(10-16(15)18)12-17-11-13(2)3/h1,5-7,9-10,13,17H,8,11-12H2,2-3H3. The Balaban J connectivity index is 2.15. The number of terminal acetylenes is 1. The number of benzene rings is 1. The highest BCUT2D eigenvalue weighted by Crippen LogP contribution is 2.17. The van der Waals surface area contributed by atoms with Crippen molar-refractivity contribution < 1.29 is 0 Å². The summed E-state index contributed by atoms with van der Waals surface area (Å²) >= 11 is 0. The summed E-state index contributed by atoms with van der Waals surface area (Å²) in [6, 6.07) is 8.67. The molecule has 1 heterocycles. The van der Waals surface area contributed by atoms with Gasteiger partial charge in [-0.3, -0.25) is 0 Å². The van der Waals surface area contributed by atoms with Crippen LogP contribution < -0.4 is 5.32 Å². The Bertz CT molecular complexity index is 558. The second-order valence-electron chi connectivity index (χ2n) is 5.07. The Hall–Kier alpha value is -1.72. The minimum atomic E-state index is 0.631. The van der Waals surface area contributed by atoms with Gasteiger partial charge in [0.25, 0.3) is 0 Å². The van der Waals surface area contributed by atoms with E-state index in [4.69, 9.17) is 6.42 Å². The van der Waals surface area contributed by atoms with Gasteiger partial charge >= 0.3 is 0 Å². The Labute approximate surface area is 109 Å².